The van der Waals surface area contributed by atoms with Crippen LogP contribution in [0, 0.1) is 0 Å². The lowest BCUT2D eigenvalue weighted by molar-refractivity contribution is 1.16. The number of hydrogen-bond acceptors (Lipinski definition) is 3. The van der Waals surface area contributed by atoms with Gasteiger partial charge in [-0.15, -0.1) is 41.9 Å². The van der Waals surface area contributed by atoms with Gasteiger partial charge in [0.2, 0.25) is 0 Å². The summed E-state index contributed by atoms with van der Waals surface area (Å²) in [6.07, 6.45) is 1.97. The summed E-state index contributed by atoms with van der Waals surface area (Å²) in [7, 11) is 0. The van der Waals surface area contributed by atoms with E-state index in [9.17, 15) is 0 Å². The van der Waals surface area contributed by atoms with Crippen LogP contribution in [-0.4, -0.2) is 20.7 Å². The molecular formula is C7H12S3. The molecule has 58 valence electrons. The lowest BCUT2D eigenvalue weighted by Crippen LogP contribution is -1.93. The van der Waals surface area contributed by atoms with Crippen molar-refractivity contribution < 1.29 is 0 Å². The predicted octanol–water partition coefficient (Wildman–Crippen LogP) is 3.06. The van der Waals surface area contributed by atoms with Gasteiger partial charge in [-0.25, -0.2) is 0 Å². The largest absolute Gasteiger partial charge is 0.147 e. The molecule has 0 N–H and O–H groups in total. The first-order chi connectivity index (χ1) is 4.77. The molecule has 1 saturated heterocycles. The quantitative estimate of drug-likeness (QED) is 0.284. The Morgan fingerprint density at radius 2 is 2.50 bits per heavy atom. The third kappa shape index (κ3) is 3.26. The second-order valence-electron chi connectivity index (χ2n) is 2.34. The molecule has 1 fully saturated rings. The van der Waals surface area contributed by atoms with Crippen molar-refractivity contribution in [2.75, 3.05) is 16.6 Å². The Kier molecular flexibility index (Phi) is 3.53. The second-order valence-corrected chi connectivity index (χ2v) is 6.96. The summed E-state index contributed by atoms with van der Waals surface area (Å²) in [4.78, 5) is 0. The normalized spacial score (nSPS) is 30.1. The standard InChI is InChI=1S/C7H12S3/c1-3-4-8-6-10-7(2)5-9-7/h3H,1,4-6H2,2H3. The van der Waals surface area contributed by atoms with Crippen LogP contribution in [0.3, 0.4) is 0 Å². The van der Waals surface area contributed by atoms with Crippen LogP contribution in [0.2, 0.25) is 0 Å². The van der Waals surface area contributed by atoms with E-state index in [2.05, 4.69) is 37.0 Å². The van der Waals surface area contributed by atoms with Gasteiger partial charge in [0.1, 0.15) is 0 Å². The minimum atomic E-state index is 0.578. The van der Waals surface area contributed by atoms with E-state index in [1.165, 1.54) is 10.8 Å². The van der Waals surface area contributed by atoms with Crippen LogP contribution in [0.5, 0.6) is 0 Å². The van der Waals surface area contributed by atoms with Crippen molar-refractivity contribution in [2.24, 2.45) is 0 Å². The number of rotatable bonds is 5. The molecule has 0 bridgehead atoms. The maximum Gasteiger partial charge on any atom is 0.0682 e. The summed E-state index contributed by atoms with van der Waals surface area (Å²) in [6, 6.07) is 0. The first kappa shape index (κ1) is 8.88. The average Bonchev–Trinajstić information content (AvgIpc) is 2.62. The Morgan fingerprint density at radius 3 is 3.00 bits per heavy atom. The highest BCUT2D eigenvalue weighted by molar-refractivity contribution is 8.28. The van der Waals surface area contributed by atoms with Crippen molar-refractivity contribution in [3.05, 3.63) is 12.7 Å². The molecule has 0 saturated carbocycles. The van der Waals surface area contributed by atoms with Crippen LogP contribution in [-0.2, 0) is 0 Å². The molecule has 0 aliphatic carbocycles. The monoisotopic (exact) mass is 192 g/mol. The molecule has 1 rings (SSSR count). The highest BCUT2D eigenvalue weighted by atomic mass is 32.2. The molecule has 0 aromatic heterocycles. The third-order valence-corrected chi connectivity index (χ3v) is 5.62. The van der Waals surface area contributed by atoms with Gasteiger partial charge < -0.3 is 0 Å². The topological polar surface area (TPSA) is 0 Å². The number of thioether (sulfide) groups is 3. The maximum atomic E-state index is 3.67. The summed E-state index contributed by atoms with van der Waals surface area (Å²) in [6.45, 7) is 5.99. The fraction of sp³-hybridized carbons (Fsp3) is 0.714. The first-order valence-electron chi connectivity index (χ1n) is 3.23. The van der Waals surface area contributed by atoms with Gasteiger partial charge in [-0.05, 0) is 6.92 Å². The summed E-state index contributed by atoms with van der Waals surface area (Å²) in [5, 5.41) is 1.22. The summed E-state index contributed by atoms with van der Waals surface area (Å²) >= 11 is 6.07. The molecular weight excluding hydrogens is 180 g/mol. The Balaban J connectivity index is 1.90. The van der Waals surface area contributed by atoms with Crippen LogP contribution >= 0.6 is 35.3 Å². The molecule has 1 heterocycles. The van der Waals surface area contributed by atoms with Gasteiger partial charge in [0.25, 0.3) is 0 Å². The second kappa shape index (κ2) is 3.98. The molecule has 1 unspecified atom stereocenters. The van der Waals surface area contributed by atoms with Gasteiger partial charge in [0, 0.05) is 16.6 Å². The van der Waals surface area contributed by atoms with Crippen molar-refractivity contribution in [3.63, 3.8) is 0 Å². The van der Waals surface area contributed by atoms with Gasteiger partial charge in [-0.2, -0.15) is 0 Å². The van der Waals surface area contributed by atoms with Crippen molar-refractivity contribution in [3.8, 4) is 0 Å². The molecule has 1 aliphatic heterocycles. The highest BCUT2D eigenvalue weighted by Crippen LogP contribution is 2.53. The molecule has 0 aromatic carbocycles. The van der Waals surface area contributed by atoms with Gasteiger partial charge in [-0.3, -0.25) is 0 Å². The van der Waals surface area contributed by atoms with E-state index < -0.39 is 0 Å². The van der Waals surface area contributed by atoms with E-state index in [-0.39, 0.29) is 0 Å². The zero-order chi connectivity index (χ0) is 7.45. The SMILES string of the molecule is C=CCSCSC1(C)CS1. The lowest BCUT2D eigenvalue weighted by atomic mass is 10.6. The van der Waals surface area contributed by atoms with Crippen LogP contribution in [0.25, 0.3) is 0 Å². The van der Waals surface area contributed by atoms with Crippen molar-refractivity contribution in [2.45, 2.75) is 11.0 Å². The van der Waals surface area contributed by atoms with E-state index in [4.69, 9.17) is 0 Å². The van der Waals surface area contributed by atoms with E-state index in [0.717, 1.165) is 5.75 Å². The van der Waals surface area contributed by atoms with Gasteiger partial charge in [0.05, 0.1) is 4.08 Å². The average molecular weight is 192 g/mol. The van der Waals surface area contributed by atoms with Crippen molar-refractivity contribution in [1.82, 2.24) is 0 Å². The van der Waals surface area contributed by atoms with Gasteiger partial charge in [0.15, 0.2) is 0 Å². The minimum absolute atomic E-state index is 0.578. The van der Waals surface area contributed by atoms with E-state index in [0.29, 0.717) is 4.08 Å². The predicted molar refractivity (Wildman–Crippen MR) is 56.0 cm³/mol. The Hall–Kier alpha value is 0.790. The van der Waals surface area contributed by atoms with Gasteiger partial charge in [-0.1, -0.05) is 6.08 Å². The van der Waals surface area contributed by atoms with Crippen LogP contribution in [0.1, 0.15) is 6.92 Å². The van der Waals surface area contributed by atoms with Crippen molar-refractivity contribution in [1.29, 1.82) is 0 Å². The fourth-order valence-corrected chi connectivity index (χ4v) is 3.84. The van der Waals surface area contributed by atoms with Crippen molar-refractivity contribution >= 4 is 35.3 Å². The van der Waals surface area contributed by atoms with E-state index >= 15 is 0 Å². The molecule has 0 amide bonds. The van der Waals surface area contributed by atoms with E-state index in [1.807, 2.05) is 17.8 Å². The minimum Gasteiger partial charge on any atom is -0.147 e. The summed E-state index contributed by atoms with van der Waals surface area (Å²) in [5.41, 5.74) is 0. The summed E-state index contributed by atoms with van der Waals surface area (Å²) < 4.78 is 0.578. The summed E-state index contributed by atoms with van der Waals surface area (Å²) in [5.74, 6) is 2.43. The van der Waals surface area contributed by atoms with Crippen LogP contribution < -0.4 is 0 Å². The van der Waals surface area contributed by atoms with Gasteiger partial charge >= 0.3 is 0 Å². The van der Waals surface area contributed by atoms with Crippen LogP contribution in [0.4, 0.5) is 0 Å². The molecule has 0 radical (unpaired) electrons. The first-order valence-corrected chi connectivity index (χ1v) is 6.36. The molecule has 3 heteroatoms. The third-order valence-electron chi connectivity index (χ3n) is 1.23. The zero-order valence-electron chi connectivity index (χ0n) is 6.13. The highest BCUT2D eigenvalue weighted by Gasteiger charge is 2.38. The molecule has 10 heavy (non-hydrogen) atoms. The Labute approximate surface area is 75.6 Å². The zero-order valence-corrected chi connectivity index (χ0v) is 8.58. The number of hydrogen-bond donors (Lipinski definition) is 0. The molecule has 1 atom stereocenters. The maximum absolute atomic E-state index is 3.67. The van der Waals surface area contributed by atoms with Crippen LogP contribution in [0.15, 0.2) is 12.7 Å². The fourth-order valence-electron chi connectivity index (χ4n) is 0.483. The molecule has 1 aliphatic rings. The Morgan fingerprint density at radius 1 is 1.80 bits per heavy atom. The molecule has 0 nitrogen and oxygen atoms in total. The molecule has 0 spiro atoms. The molecule has 0 aromatic rings. The smallest absolute Gasteiger partial charge is 0.0682 e. The van der Waals surface area contributed by atoms with E-state index in [1.54, 1.807) is 0 Å². The Bertz CT molecular complexity index is 118. The lowest BCUT2D eigenvalue weighted by Gasteiger charge is -2.03.